The summed E-state index contributed by atoms with van der Waals surface area (Å²) in [5.74, 6) is 2.02. The lowest BCUT2D eigenvalue weighted by Crippen LogP contribution is -1.39. The van der Waals surface area contributed by atoms with Gasteiger partial charge in [-0.3, -0.25) is 0 Å². The molecule has 0 aliphatic carbocycles. The van der Waals surface area contributed by atoms with Gasteiger partial charge in [-0.25, -0.2) is 0 Å². The SMILES string of the molecule is c1ccospcc1. The Morgan fingerprint density at radius 3 is 3.25 bits per heavy atom. The molecular weight excluding hydrogens is 139 g/mol. The lowest BCUT2D eigenvalue weighted by Gasteiger charge is -1.69. The molecule has 0 radical (unpaired) electrons. The lowest BCUT2D eigenvalue weighted by molar-refractivity contribution is 0.687. The molecule has 42 valence electrons. The molecule has 3 heteroatoms. The standard InChI is InChI=1S/C5H5OPS/c1-2-4-6-8-7-5-3-1/h1-5H. The summed E-state index contributed by atoms with van der Waals surface area (Å²) in [6.45, 7) is 0. The third kappa shape index (κ3) is 2.10. The van der Waals surface area contributed by atoms with Crippen molar-refractivity contribution in [2.75, 3.05) is 0 Å². The summed E-state index contributed by atoms with van der Waals surface area (Å²) < 4.78 is 4.92. The maximum absolute atomic E-state index is 4.92. The van der Waals surface area contributed by atoms with E-state index < -0.39 is 0 Å². The molecule has 0 saturated carbocycles. The summed E-state index contributed by atoms with van der Waals surface area (Å²) in [6, 6.07) is 5.79. The molecule has 0 unspecified atom stereocenters. The first-order chi connectivity index (χ1) is 4.00. The van der Waals surface area contributed by atoms with E-state index in [-0.39, 0.29) is 0 Å². The van der Waals surface area contributed by atoms with Gasteiger partial charge in [-0.15, -0.1) is 0 Å². The highest BCUT2D eigenvalue weighted by molar-refractivity contribution is 7.76. The van der Waals surface area contributed by atoms with E-state index in [0.29, 0.717) is 0 Å². The number of hydrogen-bond donors (Lipinski definition) is 0. The summed E-state index contributed by atoms with van der Waals surface area (Å²) >= 11 is 1.41. The molecule has 0 bridgehead atoms. The fraction of sp³-hybridized carbons (Fsp3) is 0. The number of rotatable bonds is 0. The van der Waals surface area contributed by atoms with E-state index in [1.807, 2.05) is 24.0 Å². The Labute approximate surface area is 53.4 Å². The molecule has 0 aromatic carbocycles. The van der Waals surface area contributed by atoms with Crippen LogP contribution in [0.4, 0.5) is 0 Å². The summed E-state index contributed by atoms with van der Waals surface area (Å²) in [7, 11) is 1.14. The molecule has 0 atom stereocenters. The van der Waals surface area contributed by atoms with Gasteiger partial charge < -0.3 is 3.85 Å². The Hall–Kier alpha value is -0.330. The molecule has 1 aromatic rings. The molecule has 0 spiro atoms. The van der Waals surface area contributed by atoms with Crippen LogP contribution in [0.15, 0.2) is 34.1 Å². The van der Waals surface area contributed by atoms with Crippen LogP contribution in [0, 0.1) is 0 Å². The minimum atomic E-state index is 1.14. The second kappa shape index (κ2) is 3.65. The van der Waals surface area contributed by atoms with Crippen LogP contribution in [0.3, 0.4) is 0 Å². The van der Waals surface area contributed by atoms with Gasteiger partial charge >= 0.3 is 0 Å². The molecule has 0 amide bonds. The van der Waals surface area contributed by atoms with E-state index in [1.165, 1.54) is 11.2 Å². The molecule has 1 nitrogen and oxygen atoms in total. The highest BCUT2D eigenvalue weighted by Crippen LogP contribution is 2.06. The normalized spacial score (nSPS) is 9.00. The maximum atomic E-state index is 4.92. The van der Waals surface area contributed by atoms with Gasteiger partial charge in [0.15, 0.2) is 0 Å². The van der Waals surface area contributed by atoms with Gasteiger partial charge in [-0.1, -0.05) is 12.1 Å². The highest BCUT2D eigenvalue weighted by atomic mass is 32.5. The van der Waals surface area contributed by atoms with Gasteiger partial charge in [0.1, 0.15) is 6.26 Å². The Morgan fingerprint density at radius 1 is 1.25 bits per heavy atom. The average molecular weight is 144 g/mol. The minimum absolute atomic E-state index is 1.14. The van der Waals surface area contributed by atoms with Crippen molar-refractivity contribution < 1.29 is 3.85 Å². The Bertz CT molecular complexity index is 117. The fourth-order valence-corrected chi connectivity index (χ4v) is 1.34. The highest BCUT2D eigenvalue weighted by Gasteiger charge is 1.60. The first kappa shape index (κ1) is 5.80. The van der Waals surface area contributed by atoms with Crippen molar-refractivity contribution in [2.24, 2.45) is 0 Å². The smallest absolute Gasteiger partial charge is 0.108 e. The van der Waals surface area contributed by atoms with Crippen LogP contribution in [0.5, 0.6) is 0 Å². The van der Waals surface area contributed by atoms with Crippen molar-refractivity contribution in [1.82, 2.24) is 0 Å². The van der Waals surface area contributed by atoms with Crippen LogP contribution >= 0.6 is 18.6 Å². The minimum Gasteiger partial charge on any atom is -0.405 e. The van der Waals surface area contributed by atoms with Gasteiger partial charge in [-0.2, -0.15) is 0 Å². The average Bonchev–Trinajstić information content (AvgIpc) is 1.62. The molecule has 1 rings (SSSR count). The van der Waals surface area contributed by atoms with Crippen molar-refractivity contribution in [3.8, 4) is 0 Å². The molecule has 0 fully saturated rings. The van der Waals surface area contributed by atoms with E-state index in [1.54, 1.807) is 6.26 Å². The molecule has 0 aliphatic rings. The molecule has 1 heterocycles. The molecule has 1 aromatic heterocycles. The van der Waals surface area contributed by atoms with Crippen LogP contribution < -0.4 is 0 Å². The predicted octanol–water partition coefficient (Wildman–Crippen LogP) is 3.05. The van der Waals surface area contributed by atoms with Crippen molar-refractivity contribution in [2.45, 2.75) is 0 Å². The van der Waals surface area contributed by atoms with E-state index >= 15 is 0 Å². The van der Waals surface area contributed by atoms with E-state index in [9.17, 15) is 0 Å². The van der Waals surface area contributed by atoms with Gasteiger partial charge in [0, 0.05) is 7.37 Å². The largest absolute Gasteiger partial charge is 0.405 e. The first-order valence-electron chi connectivity index (χ1n) is 2.18. The number of hydrogen-bond acceptors (Lipinski definition) is 2. The molecule has 0 N–H and O–H groups in total. The predicted molar refractivity (Wildman–Crippen MR) is 36.7 cm³/mol. The second-order valence-electron chi connectivity index (χ2n) is 1.14. The summed E-state index contributed by atoms with van der Waals surface area (Å²) in [5, 5.41) is 0. The van der Waals surface area contributed by atoms with Gasteiger partial charge in [-0.05, 0) is 11.9 Å². The van der Waals surface area contributed by atoms with Crippen LogP contribution in [0.2, 0.25) is 0 Å². The molecule has 8 heavy (non-hydrogen) atoms. The van der Waals surface area contributed by atoms with Crippen LogP contribution in [-0.2, 0) is 0 Å². The van der Waals surface area contributed by atoms with E-state index in [0.717, 1.165) is 7.37 Å². The summed E-state index contributed by atoms with van der Waals surface area (Å²) in [5.41, 5.74) is 0. The summed E-state index contributed by atoms with van der Waals surface area (Å²) in [6.07, 6.45) is 1.67. The molecule has 0 aliphatic heterocycles. The first-order valence-corrected chi connectivity index (χ1v) is 4.49. The third-order valence-corrected chi connectivity index (χ3v) is 2.05. The molecular formula is C5H5OPS. The lowest BCUT2D eigenvalue weighted by atomic mass is 10.6. The molecule has 0 saturated heterocycles. The van der Waals surface area contributed by atoms with E-state index in [4.69, 9.17) is 3.85 Å². The zero-order valence-corrected chi connectivity index (χ0v) is 5.86. The fourth-order valence-electron chi connectivity index (χ4n) is 0.301. The zero-order valence-electron chi connectivity index (χ0n) is 4.15. The third-order valence-electron chi connectivity index (χ3n) is 0.589. The van der Waals surface area contributed by atoms with Crippen molar-refractivity contribution in [1.29, 1.82) is 0 Å². The van der Waals surface area contributed by atoms with Crippen LogP contribution in [0.25, 0.3) is 0 Å². The monoisotopic (exact) mass is 144 g/mol. The quantitative estimate of drug-likeness (QED) is 0.545. The van der Waals surface area contributed by atoms with Crippen molar-refractivity contribution in [3.63, 3.8) is 0 Å². The van der Waals surface area contributed by atoms with Crippen molar-refractivity contribution in [3.05, 3.63) is 30.3 Å². The van der Waals surface area contributed by atoms with Gasteiger partial charge in [0.25, 0.3) is 0 Å². The van der Waals surface area contributed by atoms with Crippen LogP contribution in [-0.4, -0.2) is 0 Å². The van der Waals surface area contributed by atoms with E-state index in [2.05, 4.69) is 0 Å². The zero-order chi connectivity index (χ0) is 5.66. The Balaban J connectivity index is 3.00. The van der Waals surface area contributed by atoms with Crippen molar-refractivity contribution >= 4 is 18.6 Å². The topological polar surface area (TPSA) is 13.1 Å². The summed E-state index contributed by atoms with van der Waals surface area (Å²) in [4.78, 5) is 0. The van der Waals surface area contributed by atoms with Gasteiger partial charge in [0.05, 0.1) is 11.2 Å². The maximum Gasteiger partial charge on any atom is 0.108 e. The Kier molecular flexibility index (Phi) is 2.64. The second-order valence-corrected chi connectivity index (χ2v) is 3.07. The van der Waals surface area contributed by atoms with Crippen LogP contribution in [0.1, 0.15) is 0 Å². The Morgan fingerprint density at radius 2 is 2.25 bits per heavy atom. The van der Waals surface area contributed by atoms with Gasteiger partial charge in [0.2, 0.25) is 0 Å².